The molecule has 1 atom stereocenters. The Hall–Kier alpha value is -3.21. The van der Waals surface area contributed by atoms with Crippen LogP contribution in [0.2, 0.25) is 0 Å². The van der Waals surface area contributed by atoms with E-state index in [1.807, 2.05) is 0 Å². The van der Waals surface area contributed by atoms with E-state index in [1.54, 1.807) is 18.2 Å². The number of carbonyl (C=O) groups excluding carboxylic acids is 2. The second kappa shape index (κ2) is 9.53. The predicted octanol–water partition coefficient (Wildman–Crippen LogP) is 2.75. The van der Waals surface area contributed by atoms with Gasteiger partial charge in [0, 0.05) is 6.08 Å². The normalized spacial score (nSPS) is 18.2. The van der Waals surface area contributed by atoms with Crippen LogP contribution in [-0.4, -0.2) is 43.8 Å². The standard InChI is InChI=1S/C22H26N2O6/c1-15(21(26)24-22(14-23)8-4-3-5-9-22)30-19(25)7-6-16-12-17(27-2)20-18(13-16)28-10-11-29-20/h6-7,12-13,15H,3-5,8-11H2,1-2H3,(H,24,26)/b7-6+/t15-/m1/s1. The van der Waals surface area contributed by atoms with Crippen molar-refractivity contribution in [1.29, 1.82) is 5.26 Å². The van der Waals surface area contributed by atoms with Gasteiger partial charge in [0.2, 0.25) is 5.75 Å². The molecule has 0 saturated heterocycles. The Labute approximate surface area is 175 Å². The maximum absolute atomic E-state index is 12.4. The van der Waals surface area contributed by atoms with Crippen LogP contribution in [0.25, 0.3) is 6.08 Å². The maximum atomic E-state index is 12.4. The van der Waals surface area contributed by atoms with Crippen molar-refractivity contribution in [3.05, 3.63) is 23.8 Å². The molecule has 1 aliphatic carbocycles. The Morgan fingerprint density at radius 2 is 1.97 bits per heavy atom. The van der Waals surface area contributed by atoms with Crippen molar-refractivity contribution in [2.24, 2.45) is 0 Å². The van der Waals surface area contributed by atoms with Crippen LogP contribution in [0.3, 0.4) is 0 Å². The van der Waals surface area contributed by atoms with E-state index in [2.05, 4.69) is 11.4 Å². The molecule has 1 aromatic rings. The number of ether oxygens (including phenoxy) is 4. The molecule has 160 valence electrons. The van der Waals surface area contributed by atoms with Crippen LogP contribution in [-0.2, 0) is 14.3 Å². The number of nitrogens with zero attached hydrogens (tertiary/aromatic N) is 1. The fourth-order valence-corrected chi connectivity index (χ4v) is 3.58. The highest BCUT2D eigenvalue weighted by molar-refractivity contribution is 5.90. The third kappa shape index (κ3) is 5.03. The molecule has 1 amide bonds. The van der Waals surface area contributed by atoms with Crippen molar-refractivity contribution < 1.29 is 28.5 Å². The van der Waals surface area contributed by atoms with Crippen LogP contribution in [0.4, 0.5) is 0 Å². The molecule has 2 aliphatic rings. The van der Waals surface area contributed by atoms with Crippen LogP contribution in [0.5, 0.6) is 17.2 Å². The van der Waals surface area contributed by atoms with Crippen molar-refractivity contribution in [3.8, 4) is 23.3 Å². The first-order valence-electron chi connectivity index (χ1n) is 10.1. The van der Waals surface area contributed by atoms with Gasteiger partial charge in [0.15, 0.2) is 17.6 Å². The predicted molar refractivity (Wildman–Crippen MR) is 108 cm³/mol. The molecular weight excluding hydrogens is 388 g/mol. The molecule has 0 unspecified atom stereocenters. The number of rotatable bonds is 6. The van der Waals surface area contributed by atoms with E-state index in [0.717, 1.165) is 19.3 Å². The number of hydrogen-bond donors (Lipinski definition) is 1. The van der Waals surface area contributed by atoms with E-state index >= 15 is 0 Å². The molecule has 1 saturated carbocycles. The molecule has 1 aromatic carbocycles. The highest BCUT2D eigenvalue weighted by atomic mass is 16.6. The van der Waals surface area contributed by atoms with Gasteiger partial charge in [-0.1, -0.05) is 19.3 Å². The summed E-state index contributed by atoms with van der Waals surface area (Å²) < 4.78 is 21.6. The lowest BCUT2D eigenvalue weighted by molar-refractivity contribution is -0.150. The lowest BCUT2D eigenvalue weighted by atomic mass is 9.83. The zero-order valence-electron chi connectivity index (χ0n) is 17.2. The van der Waals surface area contributed by atoms with Crippen LogP contribution in [0.1, 0.15) is 44.6 Å². The van der Waals surface area contributed by atoms with E-state index < -0.39 is 23.5 Å². The Morgan fingerprint density at radius 3 is 2.67 bits per heavy atom. The van der Waals surface area contributed by atoms with Crippen molar-refractivity contribution in [1.82, 2.24) is 5.32 Å². The van der Waals surface area contributed by atoms with E-state index in [0.29, 0.717) is 48.9 Å². The van der Waals surface area contributed by atoms with E-state index in [9.17, 15) is 14.9 Å². The Balaban J connectivity index is 1.60. The lowest BCUT2D eigenvalue weighted by Crippen LogP contribution is -2.52. The van der Waals surface area contributed by atoms with Gasteiger partial charge >= 0.3 is 5.97 Å². The summed E-state index contributed by atoms with van der Waals surface area (Å²) in [6, 6.07) is 5.67. The second-order valence-corrected chi connectivity index (χ2v) is 7.40. The van der Waals surface area contributed by atoms with Crippen LogP contribution < -0.4 is 19.5 Å². The number of hydrogen-bond acceptors (Lipinski definition) is 7. The van der Waals surface area contributed by atoms with E-state index in [4.69, 9.17) is 18.9 Å². The third-order valence-corrected chi connectivity index (χ3v) is 5.21. The van der Waals surface area contributed by atoms with Gasteiger partial charge in [-0.25, -0.2) is 4.79 Å². The molecule has 0 spiro atoms. The fraction of sp³-hybridized carbons (Fsp3) is 0.500. The maximum Gasteiger partial charge on any atom is 0.331 e. The minimum Gasteiger partial charge on any atom is -0.493 e. The molecule has 1 N–H and O–H groups in total. The third-order valence-electron chi connectivity index (χ3n) is 5.21. The Morgan fingerprint density at radius 1 is 1.23 bits per heavy atom. The van der Waals surface area contributed by atoms with Gasteiger partial charge in [-0.2, -0.15) is 5.26 Å². The highest BCUT2D eigenvalue weighted by Gasteiger charge is 2.35. The summed E-state index contributed by atoms with van der Waals surface area (Å²) >= 11 is 0. The fourth-order valence-electron chi connectivity index (χ4n) is 3.58. The minimum atomic E-state index is -1.01. The zero-order valence-corrected chi connectivity index (χ0v) is 17.2. The topological polar surface area (TPSA) is 107 Å². The monoisotopic (exact) mass is 414 g/mol. The van der Waals surface area contributed by atoms with Crippen LogP contribution in [0.15, 0.2) is 18.2 Å². The number of esters is 1. The molecule has 0 bridgehead atoms. The first kappa shape index (κ1) is 21.5. The summed E-state index contributed by atoms with van der Waals surface area (Å²) in [6.45, 7) is 2.36. The van der Waals surface area contributed by atoms with Crippen molar-refractivity contribution >= 4 is 18.0 Å². The first-order chi connectivity index (χ1) is 14.5. The number of nitriles is 1. The van der Waals surface area contributed by atoms with Crippen molar-refractivity contribution in [2.75, 3.05) is 20.3 Å². The van der Waals surface area contributed by atoms with Crippen LogP contribution in [0, 0.1) is 11.3 Å². The summed E-state index contributed by atoms with van der Waals surface area (Å²) in [5.41, 5.74) is -0.205. The molecule has 1 aliphatic heterocycles. The summed E-state index contributed by atoms with van der Waals surface area (Å²) in [5, 5.41) is 12.2. The average Bonchev–Trinajstić information content (AvgIpc) is 2.77. The van der Waals surface area contributed by atoms with Gasteiger partial charge in [-0.15, -0.1) is 0 Å². The van der Waals surface area contributed by atoms with E-state index in [-0.39, 0.29) is 0 Å². The minimum absolute atomic E-state index is 0.433. The van der Waals surface area contributed by atoms with Gasteiger partial charge < -0.3 is 24.3 Å². The highest BCUT2D eigenvalue weighted by Crippen LogP contribution is 2.40. The van der Waals surface area contributed by atoms with Gasteiger partial charge in [0.05, 0.1) is 13.2 Å². The Bertz CT molecular complexity index is 850. The molecule has 30 heavy (non-hydrogen) atoms. The molecule has 1 heterocycles. The summed E-state index contributed by atoms with van der Waals surface area (Å²) in [7, 11) is 1.52. The second-order valence-electron chi connectivity index (χ2n) is 7.40. The summed E-state index contributed by atoms with van der Waals surface area (Å²) in [6.07, 6.45) is 5.83. The van der Waals surface area contributed by atoms with Gasteiger partial charge in [0.1, 0.15) is 18.8 Å². The number of benzene rings is 1. The first-order valence-corrected chi connectivity index (χ1v) is 10.1. The molecule has 3 rings (SSSR count). The molecular formula is C22H26N2O6. The SMILES string of the molecule is COc1cc(/C=C/C(=O)O[C@H](C)C(=O)NC2(C#N)CCCCC2)cc2c1OCCO2. The van der Waals surface area contributed by atoms with E-state index in [1.165, 1.54) is 20.1 Å². The number of carbonyl (C=O) groups is 2. The molecule has 8 nitrogen and oxygen atoms in total. The molecule has 8 heteroatoms. The van der Waals surface area contributed by atoms with Crippen LogP contribution >= 0.6 is 0 Å². The summed E-state index contributed by atoms with van der Waals surface area (Å²) in [5.74, 6) is 0.433. The average molecular weight is 414 g/mol. The molecule has 1 fully saturated rings. The smallest absolute Gasteiger partial charge is 0.331 e. The number of amides is 1. The molecule has 0 radical (unpaired) electrons. The van der Waals surface area contributed by atoms with Gasteiger partial charge in [0.25, 0.3) is 5.91 Å². The number of nitrogens with one attached hydrogen (secondary N) is 1. The zero-order chi connectivity index (χ0) is 21.6. The van der Waals surface area contributed by atoms with Crippen molar-refractivity contribution in [3.63, 3.8) is 0 Å². The lowest BCUT2D eigenvalue weighted by Gasteiger charge is -2.32. The van der Waals surface area contributed by atoms with Gasteiger partial charge in [-0.05, 0) is 43.5 Å². The quantitative estimate of drug-likeness (QED) is 0.563. The molecule has 0 aromatic heterocycles. The van der Waals surface area contributed by atoms with Gasteiger partial charge in [-0.3, -0.25) is 4.79 Å². The number of methoxy groups -OCH3 is 1. The van der Waals surface area contributed by atoms with Crippen molar-refractivity contribution in [2.45, 2.75) is 50.7 Å². The number of fused-ring (bicyclic) bond motifs is 1. The largest absolute Gasteiger partial charge is 0.493 e. The summed E-state index contributed by atoms with van der Waals surface area (Å²) in [4.78, 5) is 24.6. The Kier molecular flexibility index (Phi) is 6.83.